The number of nitrogens with one attached hydrogen (secondary N) is 1. The largest absolute Gasteiger partial charge is 0.495 e. The van der Waals surface area contributed by atoms with Gasteiger partial charge < -0.3 is 19.5 Å². The summed E-state index contributed by atoms with van der Waals surface area (Å²) in [6.45, 7) is -0.353. The molecule has 5 nitrogen and oxygen atoms in total. The summed E-state index contributed by atoms with van der Waals surface area (Å²) >= 11 is 6.02. The molecule has 7 heteroatoms. The van der Waals surface area contributed by atoms with Crippen LogP contribution in [-0.2, 0) is 4.79 Å². The molecule has 2 aromatic rings. The van der Waals surface area contributed by atoms with Gasteiger partial charge in [0.1, 0.15) is 11.5 Å². The molecule has 0 radical (unpaired) electrons. The zero-order chi connectivity index (χ0) is 16.8. The standard InChI is InChI=1S/C16H15ClFNO4/c1-21-14-8-15(22-2)12(7-10(14)17)19-16(20)9-23-13-6-4-3-5-11(13)18/h3-8H,9H2,1-2H3,(H,19,20). The molecule has 0 aliphatic rings. The minimum atomic E-state index is -0.537. The molecular formula is C16H15ClFNO4. The molecule has 0 unspecified atom stereocenters. The van der Waals surface area contributed by atoms with Gasteiger partial charge in [-0.25, -0.2) is 4.39 Å². The number of halogens is 2. The fourth-order valence-electron chi connectivity index (χ4n) is 1.85. The van der Waals surface area contributed by atoms with Gasteiger partial charge >= 0.3 is 0 Å². The van der Waals surface area contributed by atoms with E-state index >= 15 is 0 Å². The highest BCUT2D eigenvalue weighted by Gasteiger charge is 2.13. The number of hydrogen-bond donors (Lipinski definition) is 1. The average Bonchev–Trinajstić information content (AvgIpc) is 2.54. The zero-order valence-electron chi connectivity index (χ0n) is 12.6. The van der Waals surface area contributed by atoms with Gasteiger partial charge in [-0.05, 0) is 18.2 Å². The Morgan fingerprint density at radius 1 is 1.13 bits per heavy atom. The highest BCUT2D eigenvalue weighted by Crippen LogP contribution is 2.35. The number of anilines is 1. The van der Waals surface area contributed by atoms with Crippen LogP contribution in [0.25, 0.3) is 0 Å². The Bertz CT molecular complexity index is 708. The number of rotatable bonds is 6. The molecule has 0 spiro atoms. The quantitative estimate of drug-likeness (QED) is 0.875. The third-order valence-corrected chi connectivity index (χ3v) is 3.24. The van der Waals surface area contributed by atoms with Crippen molar-refractivity contribution >= 4 is 23.2 Å². The summed E-state index contributed by atoms with van der Waals surface area (Å²) < 4.78 is 28.8. The summed E-state index contributed by atoms with van der Waals surface area (Å²) in [6.07, 6.45) is 0. The van der Waals surface area contributed by atoms with Gasteiger partial charge in [-0.15, -0.1) is 0 Å². The highest BCUT2D eigenvalue weighted by molar-refractivity contribution is 6.32. The number of methoxy groups -OCH3 is 2. The Morgan fingerprint density at radius 3 is 2.48 bits per heavy atom. The Balaban J connectivity index is 2.05. The molecular weight excluding hydrogens is 325 g/mol. The van der Waals surface area contributed by atoms with Crippen LogP contribution in [0.5, 0.6) is 17.2 Å². The number of hydrogen-bond acceptors (Lipinski definition) is 4. The molecule has 0 aromatic heterocycles. The van der Waals surface area contributed by atoms with Gasteiger partial charge in [0.15, 0.2) is 18.2 Å². The Kier molecular flexibility index (Phi) is 5.65. The molecule has 2 rings (SSSR count). The topological polar surface area (TPSA) is 56.8 Å². The van der Waals surface area contributed by atoms with Crippen LogP contribution in [0.4, 0.5) is 10.1 Å². The molecule has 0 atom stereocenters. The lowest BCUT2D eigenvalue weighted by Gasteiger charge is -2.13. The molecule has 122 valence electrons. The number of carbonyl (C=O) groups excluding carboxylic acids is 1. The summed E-state index contributed by atoms with van der Waals surface area (Å²) in [5, 5.41) is 2.91. The number of amides is 1. The summed E-state index contributed by atoms with van der Waals surface area (Å²) in [5.41, 5.74) is 0.362. The fraction of sp³-hybridized carbons (Fsp3) is 0.188. The summed E-state index contributed by atoms with van der Waals surface area (Å²) in [5.74, 6) is -0.213. The van der Waals surface area contributed by atoms with E-state index in [4.69, 9.17) is 25.8 Å². The minimum absolute atomic E-state index is 0.00220. The molecule has 23 heavy (non-hydrogen) atoms. The second-order valence-corrected chi connectivity index (χ2v) is 4.86. The van der Waals surface area contributed by atoms with Crippen molar-refractivity contribution in [2.75, 3.05) is 26.1 Å². The second kappa shape index (κ2) is 7.69. The van der Waals surface area contributed by atoms with Crippen molar-refractivity contribution in [3.8, 4) is 17.2 Å². The van der Waals surface area contributed by atoms with Gasteiger partial charge in [-0.3, -0.25) is 4.79 Å². The Labute approximate surface area is 137 Å². The van der Waals surface area contributed by atoms with Crippen molar-refractivity contribution in [1.82, 2.24) is 0 Å². The van der Waals surface area contributed by atoms with Crippen molar-refractivity contribution in [2.45, 2.75) is 0 Å². The van der Waals surface area contributed by atoms with Crippen LogP contribution in [0.2, 0.25) is 5.02 Å². The predicted molar refractivity (Wildman–Crippen MR) is 85.1 cm³/mol. The average molecular weight is 340 g/mol. The monoisotopic (exact) mass is 339 g/mol. The van der Waals surface area contributed by atoms with Crippen LogP contribution >= 0.6 is 11.6 Å². The normalized spacial score (nSPS) is 10.1. The SMILES string of the molecule is COc1cc(OC)c(NC(=O)COc2ccccc2F)cc1Cl. The first kappa shape index (κ1) is 16.9. The van der Waals surface area contributed by atoms with E-state index in [1.165, 1.54) is 38.5 Å². The summed E-state index contributed by atoms with van der Waals surface area (Å²) in [4.78, 5) is 11.9. The van der Waals surface area contributed by atoms with Gasteiger partial charge in [-0.2, -0.15) is 0 Å². The molecule has 0 saturated carbocycles. The highest BCUT2D eigenvalue weighted by atomic mass is 35.5. The molecule has 0 fully saturated rings. The van der Waals surface area contributed by atoms with Crippen molar-refractivity contribution in [2.24, 2.45) is 0 Å². The van der Waals surface area contributed by atoms with E-state index in [2.05, 4.69) is 5.32 Å². The molecule has 0 aliphatic heterocycles. The van der Waals surface area contributed by atoms with Crippen LogP contribution in [0.1, 0.15) is 0 Å². The van der Waals surface area contributed by atoms with Crippen LogP contribution in [0.15, 0.2) is 36.4 Å². The number of para-hydroxylation sites is 1. The molecule has 0 bridgehead atoms. The fourth-order valence-corrected chi connectivity index (χ4v) is 2.09. The van der Waals surface area contributed by atoms with E-state index < -0.39 is 11.7 Å². The van der Waals surface area contributed by atoms with Crippen molar-refractivity contribution < 1.29 is 23.4 Å². The summed E-state index contributed by atoms with van der Waals surface area (Å²) in [7, 11) is 2.93. The summed E-state index contributed by atoms with van der Waals surface area (Å²) in [6, 6.07) is 8.89. The predicted octanol–water partition coefficient (Wildman–Crippen LogP) is 3.51. The lowest BCUT2D eigenvalue weighted by atomic mass is 10.2. The first-order valence-electron chi connectivity index (χ1n) is 6.64. The molecule has 1 N–H and O–H groups in total. The number of ether oxygens (including phenoxy) is 3. The van der Waals surface area contributed by atoms with Gasteiger partial charge in [-0.1, -0.05) is 23.7 Å². The number of carbonyl (C=O) groups is 1. The van der Waals surface area contributed by atoms with Crippen LogP contribution < -0.4 is 19.5 Å². The molecule has 0 heterocycles. The molecule has 2 aromatic carbocycles. The van der Waals surface area contributed by atoms with Gasteiger partial charge in [0, 0.05) is 6.07 Å². The smallest absolute Gasteiger partial charge is 0.262 e. The van der Waals surface area contributed by atoms with Crippen molar-refractivity contribution in [1.29, 1.82) is 0 Å². The number of benzene rings is 2. The van der Waals surface area contributed by atoms with Crippen molar-refractivity contribution in [3.63, 3.8) is 0 Å². The van der Waals surface area contributed by atoms with Gasteiger partial charge in [0.2, 0.25) is 0 Å². The van der Waals surface area contributed by atoms with Crippen LogP contribution in [-0.4, -0.2) is 26.7 Å². The van der Waals surface area contributed by atoms with Gasteiger partial charge in [0.05, 0.1) is 24.9 Å². The first-order valence-corrected chi connectivity index (χ1v) is 7.01. The van der Waals surface area contributed by atoms with E-state index in [-0.39, 0.29) is 12.4 Å². The van der Waals surface area contributed by atoms with E-state index in [0.29, 0.717) is 22.2 Å². The van der Waals surface area contributed by atoms with Crippen LogP contribution in [0.3, 0.4) is 0 Å². The molecule has 1 amide bonds. The van der Waals surface area contributed by atoms with Crippen LogP contribution in [0, 0.1) is 5.82 Å². The minimum Gasteiger partial charge on any atom is -0.495 e. The second-order valence-electron chi connectivity index (χ2n) is 4.45. The Morgan fingerprint density at radius 2 is 1.83 bits per heavy atom. The molecule has 0 saturated heterocycles. The maximum Gasteiger partial charge on any atom is 0.262 e. The lowest BCUT2D eigenvalue weighted by molar-refractivity contribution is -0.118. The first-order chi connectivity index (χ1) is 11.0. The maximum atomic E-state index is 13.4. The van der Waals surface area contributed by atoms with Gasteiger partial charge in [0.25, 0.3) is 5.91 Å². The Hall–Kier alpha value is -2.47. The third-order valence-electron chi connectivity index (χ3n) is 2.94. The maximum absolute atomic E-state index is 13.4. The molecule has 0 aliphatic carbocycles. The van der Waals surface area contributed by atoms with E-state index in [1.807, 2.05) is 0 Å². The lowest BCUT2D eigenvalue weighted by Crippen LogP contribution is -2.20. The van der Waals surface area contributed by atoms with E-state index in [9.17, 15) is 9.18 Å². The van der Waals surface area contributed by atoms with Crippen molar-refractivity contribution in [3.05, 3.63) is 47.2 Å². The van der Waals surface area contributed by atoms with E-state index in [1.54, 1.807) is 12.1 Å². The van der Waals surface area contributed by atoms with E-state index in [0.717, 1.165) is 0 Å². The zero-order valence-corrected chi connectivity index (χ0v) is 13.3. The third kappa shape index (κ3) is 4.26.